The molecule has 0 aliphatic heterocycles. The Morgan fingerprint density at radius 2 is 0.711 bits per heavy atom. The van der Waals surface area contributed by atoms with Gasteiger partial charge in [-0.25, -0.2) is 0 Å². The van der Waals surface area contributed by atoms with Crippen LogP contribution < -0.4 is 5.43 Å². The fourth-order valence-electron chi connectivity index (χ4n) is 5.61. The Balaban J connectivity index is 0. The monoisotopic (exact) mass is 551 g/mol. The van der Waals surface area contributed by atoms with Crippen LogP contribution in [0.5, 0.6) is 0 Å². The number of nitrogens with one attached hydrogen (secondary N) is 1. The Morgan fingerprint density at radius 3 is 0.921 bits per heavy atom. The molecule has 0 aliphatic carbocycles. The van der Waals surface area contributed by atoms with Gasteiger partial charge in [-0.05, 0) is 56.8 Å². The molecule has 4 heteroatoms. The van der Waals surface area contributed by atoms with Gasteiger partial charge in [0.05, 0.1) is 24.6 Å². The first-order chi connectivity index (χ1) is 18.7. The van der Waals surface area contributed by atoms with Crippen molar-refractivity contribution in [1.29, 1.82) is 5.26 Å². The highest BCUT2D eigenvalue weighted by molar-refractivity contribution is 7.75. The van der Waals surface area contributed by atoms with E-state index in [1.54, 1.807) is 55.8 Å². The maximum Gasteiger partial charge on any atom is 0.250 e. The number of nitrogens with zero attached hydrogens (tertiary/aromatic N) is 2. The van der Waals surface area contributed by atoms with Crippen LogP contribution in [0, 0.1) is 18.0 Å². The minimum Gasteiger partial charge on any atom is -0.183 e. The zero-order valence-corrected chi connectivity index (χ0v) is 27.5. The summed E-state index contributed by atoms with van der Waals surface area (Å²) in [7, 11) is -0.697. The second kappa shape index (κ2) is 34.2. The lowest BCUT2D eigenvalue weighted by Crippen LogP contribution is -2.13. The van der Waals surface area contributed by atoms with E-state index in [-0.39, 0.29) is 0 Å². The van der Waals surface area contributed by atoms with Gasteiger partial charge in [-0.3, -0.25) is 0 Å². The van der Waals surface area contributed by atoms with E-state index < -0.39 is 7.26 Å². The van der Waals surface area contributed by atoms with Crippen molar-refractivity contribution in [2.45, 2.75) is 182 Å². The topological polar surface area (TPSA) is 40.2 Å². The molecule has 0 aromatic carbocycles. The van der Waals surface area contributed by atoms with Crippen molar-refractivity contribution >= 4 is 7.26 Å². The summed E-state index contributed by atoms with van der Waals surface area (Å²) >= 11 is 0. The van der Waals surface area contributed by atoms with Crippen molar-refractivity contribution in [3.05, 3.63) is 11.5 Å². The summed E-state index contributed by atoms with van der Waals surface area (Å²) in [6.07, 6.45) is 43.5. The van der Waals surface area contributed by atoms with E-state index in [2.05, 4.69) is 32.6 Å². The van der Waals surface area contributed by atoms with Crippen LogP contribution in [0.2, 0.25) is 0 Å². The first-order valence-corrected chi connectivity index (χ1v) is 19.5. The summed E-state index contributed by atoms with van der Waals surface area (Å²) in [5, 5.41) is 7.49. The van der Waals surface area contributed by atoms with Gasteiger partial charge in [0.2, 0.25) is 6.19 Å². The van der Waals surface area contributed by atoms with Gasteiger partial charge < -0.3 is 0 Å². The molecule has 0 heterocycles. The van der Waals surface area contributed by atoms with E-state index >= 15 is 0 Å². The summed E-state index contributed by atoms with van der Waals surface area (Å²) in [6, 6.07) is 0. The minimum atomic E-state index is -0.697. The molecule has 0 aliphatic rings. The van der Waals surface area contributed by atoms with E-state index in [1.807, 2.05) is 0 Å². The number of rotatable bonds is 28. The Morgan fingerprint density at radius 1 is 0.474 bits per heavy atom. The van der Waals surface area contributed by atoms with Gasteiger partial charge in [0, 0.05) is 7.26 Å². The quantitative estimate of drug-likeness (QED) is 0.0263. The van der Waals surface area contributed by atoms with Crippen LogP contribution in [0.1, 0.15) is 182 Å². The summed E-state index contributed by atoms with van der Waals surface area (Å²) in [4.78, 5) is 2.49. The lowest BCUT2D eigenvalue weighted by molar-refractivity contribution is 0.548. The predicted molar refractivity (Wildman–Crippen MR) is 175 cm³/mol. The molecule has 0 aromatic rings. The minimum absolute atomic E-state index is 0.697. The number of unbranched alkanes of at least 4 members (excludes halogenated alkanes) is 20. The van der Waals surface area contributed by atoms with Gasteiger partial charge in [-0.2, -0.15) is 11.8 Å². The van der Waals surface area contributed by atoms with Crippen LogP contribution in [0.25, 0.3) is 4.95 Å². The van der Waals surface area contributed by atoms with Gasteiger partial charge in [0.1, 0.15) is 0 Å². The van der Waals surface area contributed by atoms with E-state index in [0.29, 0.717) is 0 Å². The molecule has 0 aromatic heterocycles. The lowest BCUT2D eigenvalue weighted by Gasteiger charge is -2.28. The van der Waals surface area contributed by atoms with Crippen molar-refractivity contribution in [3.8, 4) is 6.19 Å². The summed E-state index contributed by atoms with van der Waals surface area (Å²) < 4.78 is 0. The van der Waals surface area contributed by atoms with Crippen molar-refractivity contribution < 1.29 is 0 Å². The SMILES string of the molecule is CCCCCCCCCCCCCC[P+](CCCCCC)(CCCCCC)CCCCCC.[C-]#[N+]NC#N. The maximum absolute atomic E-state index is 7.49. The van der Waals surface area contributed by atoms with Crippen LogP contribution in [-0.2, 0) is 0 Å². The molecule has 0 atom stereocenters. The molecular formula is C34H69N3P+. The molecule has 0 amide bonds. The van der Waals surface area contributed by atoms with Crippen molar-refractivity contribution in [2.24, 2.45) is 0 Å². The summed E-state index contributed by atoms with van der Waals surface area (Å²) in [5.74, 6) is 0. The zero-order valence-electron chi connectivity index (χ0n) is 26.6. The molecule has 0 radical (unpaired) electrons. The predicted octanol–water partition coefficient (Wildman–Crippen LogP) is 12.3. The second-order valence-electron chi connectivity index (χ2n) is 11.6. The molecule has 0 saturated carbocycles. The molecule has 0 spiro atoms. The number of nitriles is 1. The zero-order chi connectivity index (χ0) is 28.4. The largest absolute Gasteiger partial charge is 0.250 e. The van der Waals surface area contributed by atoms with Gasteiger partial charge in [-0.1, -0.05) is 130 Å². The lowest BCUT2D eigenvalue weighted by atomic mass is 10.1. The average molecular weight is 551 g/mol. The molecule has 0 bridgehead atoms. The molecule has 0 rings (SSSR count). The van der Waals surface area contributed by atoms with Crippen molar-refractivity contribution in [1.82, 2.24) is 5.43 Å². The third kappa shape index (κ3) is 29.8. The second-order valence-corrected chi connectivity index (χ2v) is 16.1. The van der Waals surface area contributed by atoms with Gasteiger partial charge in [-0.15, -0.1) is 4.95 Å². The average Bonchev–Trinajstić information content (AvgIpc) is 2.93. The van der Waals surface area contributed by atoms with Gasteiger partial charge in [0.25, 0.3) is 0 Å². The summed E-state index contributed by atoms with van der Waals surface area (Å²) in [5.41, 5.74) is 1.71. The highest BCUT2D eigenvalue weighted by atomic mass is 31.2. The Kier molecular flexibility index (Phi) is 35.5. The standard InChI is InChI=1S/C32H68P.C2HN3/c1-5-9-13-17-18-19-20-21-22-23-24-28-32-33(29-25-14-10-6-2,30-26-15-11-7-3)31-27-16-12-8-4;1-4-5-2-3/h5-32H2,1-4H3;5H/q+1;. The summed E-state index contributed by atoms with van der Waals surface area (Å²) in [6.45, 7) is 15.3. The van der Waals surface area contributed by atoms with Crippen LogP contribution in [0.3, 0.4) is 0 Å². The third-order valence-electron chi connectivity index (χ3n) is 8.05. The number of hydrogen-bond donors (Lipinski definition) is 1. The number of hydrogen-bond acceptors (Lipinski definition) is 2. The highest BCUT2D eigenvalue weighted by Gasteiger charge is 2.34. The molecule has 0 unspecified atom stereocenters. The van der Waals surface area contributed by atoms with Crippen LogP contribution in [-0.4, -0.2) is 24.6 Å². The maximum atomic E-state index is 7.49. The van der Waals surface area contributed by atoms with Crippen molar-refractivity contribution in [3.63, 3.8) is 0 Å². The van der Waals surface area contributed by atoms with Gasteiger partial charge in [0.15, 0.2) is 0 Å². The van der Waals surface area contributed by atoms with E-state index in [0.717, 1.165) is 0 Å². The fourth-order valence-corrected chi connectivity index (χ4v) is 10.5. The molecule has 3 nitrogen and oxygen atoms in total. The molecule has 0 fully saturated rings. The van der Waals surface area contributed by atoms with Crippen molar-refractivity contribution in [2.75, 3.05) is 24.6 Å². The molecule has 0 saturated heterocycles. The van der Waals surface area contributed by atoms with E-state index in [1.165, 1.54) is 135 Å². The first-order valence-electron chi connectivity index (χ1n) is 17.0. The molecular weight excluding hydrogens is 481 g/mol. The molecule has 1 N–H and O–H groups in total. The van der Waals surface area contributed by atoms with E-state index in [4.69, 9.17) is 11.8 Å². The highest BCUT2D eigenvalue weighted by Crippen LogP contribution is 2.61. The van der Waals surface area contributed by atoms with Crippen LogP contribution in [0.15, 0.2) is 0 Å². The Hall–Kier alpha value is -0.790. The van der Waals surface area contributed by atoms with E-state index in [9.17, 15) is 0 Å². The smallest absolute Gasteiger partial charge is 0.183 e. The molecule has 224 valence electrons. The van der Waals surface area contributed by atoms with Crippen LogP contribution in [0.4, 0.5) is 0 Å². The normalized spacial score (nSPS) is 10.9. The fraction of sp³-hybridized carbons (Fsp3) is 0.941. The third-order valence-corrected chi connectivity index (χ3v) is 13.1. The van der Waals surface area contributed by atoms with Crippen LogP contribution >= 0.6 is 7.26 Å². The first kappa shape index (κ1) is 39.4. The molecule has 38 heavy (non-hydrogen) atoms. The van der Waals surface area contributed by atoms with Gasteiger partial charge >= 0.3 is 0 Å². The Bertz CT molecular complexity index is 480. The Labute approximate surface area is 241 Å².